The van der Waals surface area contributed by atoms with E-state index < -0.39 is 18.5 Å². The van der Waals surface area contributed by atoms with Gasteiger partial charge >= 0.3 is 6.18 Å². The molecule has 120 valence electrons. The number of halogens is 4. The Hall–Kier alpha value is -1.21. The van der Waals surface area contributed by atoms with E-state index in [1.165, 1.54) is 11.0 Å². The number of rotatable bonds is 8. The maximum atomic E-state index is 12.8. The molecule has 0 spiro atoms. The number of nitrogens with zero attached hydrogens (tertiary/aromatic N) is 2. The van der Waals surface area contributed by atoms with Gasteiger partial charge in [0, 0.05) is 6.54 Å². The Morgan fingerprint density at radius 3 is 2.48 bits per heavy atom. The molecule has 0 bridgehead atoms. The van der Waals surface area contributed by atoms with Gasteiger partial charge in [0.25, 0.3) is 0 Å². The van der Waals surface area contributed by atoms with Gasteiger partial charge in [-0.2, -0.15) is 13.2 Å². The van der Waals surface area contributed by atoms with E-state index in [4.69, 9.17) is 0 Å². The third-order valence-corrected chi connectivity index (χ3v) is 3.13. The van der Waals surface area contributed by atoms with Crippen LogP contribution in [0.25, 0.3) is 0 Å². The van der Waals surface area contributed by atoms with Crippen LogP contribution in [-0.4, -0.2) is 42.7 Å². The van der Waals surface area contributed by atoms with Crippen LogP contribution in [0, 0.1) is 5.82 Å². The quantitative estimate of drug-likeness (QED) is 0.748. The number of pyridine rings is 1. The van der Waals surface area contributed by atoms with Crippen molar-refractivity contribution in [3.63, 3.8) is 0 Å². The minimum Gasteiger partial charge on any atom is -0.312 e. The zero-order valence-electron chi connectivity index (χ0n) is 12.3. The van der Waals surface area contributed by atoms with E-state index in [2.05, 4.69) is 10.3 Å². The molecule has 1 atom stereocenters. The molecular formula is C14H21F4N3. The van der Waals surface area contributed by atoms with Crippen molar-refractivity contribution in [1.29, 1.82) is 0 Å². The molecular weight excluding hydrogens is 286 g/mol. The van der Waals surface area contributed by atoms with Crippen LogP contribution in [0.1, 0.15) is 31.5 Å². The molecule has 0 saturated carbocycles. The van der Waals surface area contributed by atoms with Crippen LogP contribution in [-0.2, 0) is 0 Å². The van der Waals surface area contributed by atoms with E-state index in [0.717, 1.165) is 6.20 Å². The number of nitrogens with one attached hydrogen (secondary N) is 1. The number of hydrogen-bond acceptors (Lipinski definition) is 3. The summed E-state index contributed by atoms with van der Waals surface area (Å²) in [6.07, 6.45) is -1.95. The Labute approximate surface area is 122 Å². The minimum atomic E-state index is -4.20. The molecule has 0 fully saturated rings. The molecule has 7 heteroatoms. The van der Waals surface area contributed by atoms with Gasteiger partial charge in [-0.3, -0.25) is 9.88 Å². The van der Waals surface area contributed by atoms with Crippen LogP contribution < -0.4 is 5.32 Å². The summed E-state index contributed by atoms with van der Waals surface area (Å²) < 4.78 is 50.3. The molecule has 0 aliphatic heterocycles. The van der Waals surface area contributed by atoms with Crippen LogP contribution in [0.2, 0.25) is 0 Å². The topological polar surface area (TPSA) is 28.2 Å². The van der Waals surface area contributed by atoms with Gasteiger partial charge in [-0.1, -0.05) is 6.92 Å². The molecule has 3 nitrogen and oxygen atoms in total. The highest BCUT2D eigenvalue weighted by molar-refractivity contribution is 5.09. The third-order valence-electron chi connectivity index (χ3n) is 3.13. The lowest BCUT2D eigenvalue weighted by atomic mass is 10.1. The first-order valence-electron chi connectivity index (χ1n) is 6.93. The van der Waals surface area contributed by atoms with Gasteiger partial charge in [-0.15, -0.1) is 0 Å². The molecule has 0 saturated heterocycles. The molecule has 1 rings (SSSR count). The van der Waals surface area contributed by atoms with Gasteiger partial charge in [-0.05, 0) is 38.6 Å². The lowest BCUT2D eigenvalue weighted by Gasteiger charge is -2.25. The van der Waals surface area contributed by atoms with Gasteiger partial charge in [0.05, 0.1) is 24.5 Å². The maximum absolute atomic E-state index is 12.8. The van der Waals surface area contributed by atoms with Crippen molar-refractivity contribution in [3.05, 3.63) is 29.8 Å². The molecule has 0 radical (unpaired) electrons. The van der Waals surface area contributed by atoms with Gasteiger partial charge in [0.15, 0.2) is 0 Å². The van der Waals surface area contributed by atoms with Crippen LogP contribution in [0.3, 0.4) is 0 Å². The third kappa shape index (κ3) is 6.86. The largest absolute Gasteiger partial charge is 0.401 e. The summed E-state index contributed by atoms with van der Waals surface area (Å²) in [6, 6.07) is 2.65. The molecule has 1 heterocycles. The Balaban J connectivity index is 2.61. The monoisotopic (exact) mass is 307 g/mol. The van der Waals surface area contributed by atoms with E-state index in [-0.39, 0.29) is 6.04 Å². The van der Waals surface area contributed by atoms with E-state index in [0.29, 0.717) is 31.6 Å². The fourth-order valence-corrected chi connectivity index (χ4v) is 2.18. The van der Waals surface area contributed by atoms with Crippen LogP contribution in [0.15, 0.2) is 18.3 Å². The first-order chi connectivity index (χ1) is 9.85. The van der Waals surface area contributed by atoms with E-state index in [9.17, 15) is 17.6 Å². The summed E-state index contributed by atoms with van der Waals surface area (Å²) in [6.45, 7) is 1.64. The molecule has 0 aromatic carbocycles. The zero-order valence-corrected chi connectivity index (χ0v) is 12.3. The Bertz CT molecular complexity index is 406. The van der Waals surface area contributed by atoms with Crippen molar-refractivity contribution < 1.29 is 17.6 Å². The van der Waals surface area contributed by atoms with Crippen molar-refractivity contribution in [2.45, 2.75) is 32.0 Å². The van der Waals surface area contributed by atoms with Crippen molar-refractivity contribution >= 4 is 0 Å². The predicted octanol–water partition coefficient (Wildman–Crippen LogP) is 3.15. The number of alkyl halides is 3. The van der Waals surface area contributed by atoms with Crippen molar-refractivity contribution in [3.8, 4) is 0 Å². The molecule has 0 aliphatic rings. The van der Waals surface area contributed by atoms with E-state index in [1.807, 2.05) is 6.92 Å². The second-order valence-corrected chi connectivity index (χ2v) is 4.92. The highest BCUT2D eigenvalue weighted by Gasteiger charge is 2.30. The predicted molar refractivity (Wildman–Crippen MR) is 73.4 cm³/mol. The second-order valence-electron chi connectivity index (χ2n) is 4.92. The van der Waals surface area contributed by atoms with E-state index >= 15 is 0 Å². The number of aromatic nitrogens is 1. The van der Waals surface area contributed by atoms with Crippen molar-refractivity contribution in [1.82, 2.24) is 15.2 Å². The average Bonchev–Trinajstić information content (AvgIpc) is 2.39. The molecule has 1 N–H and O–H groups in total. The molecule has 1 aromatic heterocycles. The Morgan fingerprint density at radius 1 is 1.29 bits per heavy atom. The lowest BCUT2D eigenvalue weighted by Crippen LogP contribution is -2.37. The normalized spacial score (nSPS) is 13.7. The first kappa shape index (κ1) is 17.8. The summed E-state index contributed by atoms with van der Waals surface area (Å²) in [4.78, 5) is 5.35. The fraction of sp³-hybridized carbons (Fsp3) is 0.643. The Kier molecular flexibility index (Phi) is 7.04. The van der Waals surface area contributed by atoms with Gasteiger partial charge in [0.1, 0.15) is 5.82 Å². The van der Waals surface area contributed by atoms with Crippen LogP contribution in [0.5, 0.6) is 0 Å². The molecule has 1 aromatic rings. The lowest BCUT2D eigenvalue weighted by molar-refractivity contribution is -0.146. The molecule has 0 aliphatic carbocycles. The van der Waals surface area contributed by atoms with Gasteiger partial charge in [-0.25, -0.2) is 4.39 Å². The van der Waals surface area contributed by atoms with Gasteiger partial charge < -0.3 is 5.32 Å². The van der Waals surface area contributed by atoms with Crippen LogP contribution >= 0.6 is 0 Å². The van der Waals surface area contributed by atoms with Crippen LogP contribution in [0.4, 0.5) is 17.6 Å². The smallest absolute Gasteiger partial charge is 0.312 e. The van der Waals surface area contributed by atoms with E-state index in [1.54, 1.807) is 13.1 Å². The maximum Gasteiger partial charge on any atom is 0.401 e. The minimum absolute atomic E-state index is 0.196. The second kappa shape index (κ2) is 8.29. The molecule has 1 unspecified atom stereocenters. The highest BCUT2D eigenvalue weighted by Crippen LogP contribution is 2.19. The molecule has 0 amide bonds. The summed E-state index contributed by atoms with van der Waals surface area (Å²) in [5, 5.41) is 3.01. The van der Waals surface area contributed by atoms with Crippen molar-refractivity contribution in [2.75, 3.05) is 26.7 Å². The zero-order chi connectivity index (χ0) is 15.9. The summed E-state index contributed by atoms with van der Waals surface area (Å²) in [5.74, 6) is -0.432. The average molecular weight is 307 g/mol. The SMILES string of the molecule is CCCN(CCC(NC)c1ccc(F)cn1)CC(F)(F)F. The summed E-state index contributed by atoms with van der Waals surface area (Å²) in [7, 11) is 1.71. The summed E-state index contributed by atoms with van der Waals surface area (Å²) >= 11 is 0. The summed E-state index contributed by atoms with van der Waals surface area (Å²) in [5.41, 5.74) is 0.627. The number of hydrogen-bond donors (Lipinski definition) is 1. The molecule has 21 heavy (non-hydrogen) atoms. The van der Waals surface area contributed by atoms with Gasteiger partial charge in [0.2, 0.25) is 0 Å². The fourth-order valence-electron chi connectivity index (χ4n) is 2.18. The van der Waals surface area contributed by atoms with Crippen molar-refractivity contribution in [2.24, 2.45) is 0 Å². The highest BCUT2D eigenvalue weighted by atomic mass is 19.4. The standard InChI is InChI=1S/C14H21F4N3/c1-3-7-21(10-14(16,17)18)8-6-12(19-2)13-5-4-11(15)9-20-13/h4-5,9,12,19H,3,6-8,10H2,1-2H3. The Morgan fingerprint density at radius 2 is 2.00 bits per heavy atom. The first-order valence-corrected chi connectivity index (χ1v) is 6.93.